The van der Waals surface area contributed by atoms with Gasteiger partial charge in [-0.25, -0.2) is 0 Å². The molecule has 1 saturated heterocycles. The number of benzene rings is 1. The molecule has 2 N–H and O–H groups in total. The number of carbonyl (C=O) groups is 1. The highest BCUT2D eigenvalue weighted by Crippen LogP contribution is 2.32. The Morgan fingerprint density at radius 3 is 3.00 bits per heavy atom. The van der Waals surface area contributed by atoms with E-state index in [1.807, 2.05) is 25.1 Å². The highest BCUT2D eigenvalue weighted by molar-refractivity contribution is 5.95. The summed E-state index contributed by atoms with van der Waals surface area (Å²) in [6.45, 7) is 4.87. The smallest absolute Gasteiger partial charge is 0.251 e. The van der Waals surface area contributed by atoms with E-state index in [4.69, 9.17) is 9.47 Å². The first-order valence-electron chi connectivity index (χ1n) is 10.8. The van der Waals surface area contributed by atoms with E-state index >= 15 is 0 Å². The lowest BCUT2D eigenvalue weighted by atomic mass is 10.1. The average molecular weight is 437 g/mol. The lowest BCUT2D eigenvalue weighted by Gasteiger charge is -2.23. The lowest BCUT2D eigenvalue weighted by molar-refractivity contribution is 0.0239. The zero-order valence-corrected chi connectivity index (χ0v) is 18.3. The molecule has 0 unspecified atom stereocenters. The molecule has 2 atom stereocenters. The van der Waals surface area contributed by atoms with Gasteiger partial charge in [-0.1, -0.05) is 11.3 Å². The molecule has 1 aliphatic heterocycles. The van der Waals surface area contributed by atoms with Gasteiger partial charge in [0.25, 0.3) is 5.91 Å². The van der Waals surface area contributed by atoms with E-state index in [9.17, 15) is 4.79 Å². The summed E-state index contributed by atoms with van der Waals surface area (Å²) in [5, 5.41) is 14.5. The number of amides is 1. The fourth-order valence-corrected chi connectivity index (χ4v) is 3.57. The minimum absolute atomic E-state index is 0.128. The van der Waals surface area contributed by atoms with Crippen molar-refractivity contribution in [3.8, 4) is 17.0 Å². The van der Waals surface area contributed by atoms with E-state index in [1.165, 1.54) is 0 Å². The van der Waals surface area contributed by atoms with Crippen molar-refractivity contribution < 1.29 is 14.3 Å². The molecule has 9 nitrogen and oxygen atoms in total. The Labute approximate surface area is 187 Å². The van der Waals surface area contributed by atoms with E-state index in [2.05, 4.69) is 25.9 Å². The second-order valence-electron chi connectivity index (χ2n) is 7.74. The Hall–Kier alpha value is -3.30. The van der Waals surface area contributed by atoms with Gasteiger partial charge >= 0.3 is 0 Å². The van der Waals surface area contributed by atoms with E-state index in [0.29, 0.717) is 35.7 Å². The van der Waals surface area contributed by atoms with Gasteiger partial charge in [-0.15, -0.1) is 5.10 Å². The summed E-state index contributed by atoms with van der Waals surface area (Å²) in [6, 6.07) is 11.1. The maximum Gasteiger partial charge on any atom is 0.251 e. The molecule has 9 heteroatoms. The molecule has 3 aromatic rings. The number of rotatable bonds is 8. The topological polar surface area (TPSA) is 103 Å². The van der Waals surface area contributed by atoms with Crippen LogP contribution in [0, 0.1) is 0 Å². The van der Waals surface area contributed by atoms with Crippen LogP contribution in [-0.4, -0.2) is 58.2 Å². The number of morpholine rings is 1. The lowest BCUT2D eigenvalue weighted by Crippen LogP contribution is -2.40. The summed E-state index contributed by atoms with van der Waals surface area (Å²) >= 11 is 0. The third-order valence-electron chi connectivity index (χ3n) is 5.28. The third kappa shape index (κ3) is 5.49. The van der Waals surface area contributed by atoms with E-state index in [1.54, 1.807) is 42.3 Å². The molecule has 1 fully saturated rings. The molecule has 3 heterocycles. The van der Waals surface area contributed by atoms with Crippen LogP contribution in [0.15, 0.2) is 48.8 Å². The minimum Gasteiger partial charge on any atom is -0.484 e. The summed E-state index contributed by atoms with van der Waals surface area (Å²) in [4.78, 5) is 17.1. The first-order valence-corrected chi connectivity index (χ1v) is 10.8. The molecule has 0 saturated carbocycles. The number of aromatic nitrogens is 4. The van der Waals surface area contributed by atoms with Crippen LogP contribution < -0.4 is 15.4 Å². The van der Waals surface area contributed by atoms with Crippen LogP contribution in [0.2, 0.25) is 0 Å². The van der Waals surface area contributed by atoms with Crippen LogP contribution >= 0.6 is 0 Å². The van der Waals surface area contributed by atoms with Crippen molar-refractivity contribution in [1.29, 1.82) is 0 Å². The highest BCUT2D eigenvalue weighted by Gasteiger charge is 2.18. The van der Waals surface area contributed by atoms with Crippen molar-refractivity contribution in [1.82, 2.24) is 30.6 Å². The molecule has 4 rings (SSSR count). The first kappa shape index (κ1) is 21.9. The molecule has 0 radical (unpaired) electrons. The van der Waals surface area contributed by atoms with Crippen molar-refractivity contribution >= 4 is 5.91 Å². The third-order valence-corrected chi connectivity index (χ3v) is 5.28. The van der Waals surface area contributed by atoms with E-state index in [0.717, 1.165) is 25.2 Å². The second kappa shape index (κ2) is 10.3. The number of nitrogens with one attached hydrogen (secondary N) is 2. The number of hydrogen-bond acceptors (Lipinski definition) is 7. The zero-order valence-electron chi connectivity index (χ0n) is 18.3. The monoisotopic (exact) mass is 436 g/mol. The van der Waals surface area contributed by atoms with Gasteiger partial charge < -0.3 is 20.1 Å². The predicted molar refractivity (Wildman–Crippen MR) is 119 cm³/mol. The molecule has 0 aliphatic carbocycles. The predicted octanol–water partition coefficient (Wildman–Crippen LogP) is 2.13. The zero-order chi connectivity index (χ0) is 22.3. The summed E-state index contributed by atoms with van der Waals surface area (Å²) in [7, 11) is 1.80. The van der Waals surface area contributed by atoms with Gasteiger partial charge in [-0.05, 0) is 43.7 Å². The number of ether oxygens (including phenoxy) is 2. The van der Waals surface area contributed by atoms with Gasteiger partial charge in [0.15, 0.2) is 0 Å². The summed E-state index contributed by atoms with van der Waals surface area (Å²) in [5.41, 5.74) is 2.69. The van der Waals surface area contributed by atoms with Gasteiger partial charge in [-0.2, -0.15) is 0 Å². The normalized spacial score (nSPS) is 17.0. The maximum absolute atomic E-state index is 12.8. The van der Waals surface area contributed by atoms with Gasteiger partial charge in [0.05, 0.1) is 24.6 Å². The van der Waals surface area contributed by atoms with Gasteiger partial charge in [-0.3, -0.25) is 14.5 Å². The van der Waals surface area contributed by atoms with Crippen molar-refractivity contribution in [3.63, 3.8) is 0 Å². The number of hydrogen-bond donors (Lipinski definition) is 2. The molecule has 1 aromatic carbocycles. The number of nitrogens with zero attached hydrogens (tertiary/aromatic N) is 4. The van der Waals surface area contributed by atoms with Crippen molar-refractivity contribution in [2.75, 3.05) is 26.2 Å². The second-order valence-corrected chi connectivity index (χ2v) is 7.74. The molecular formula is C23H28N6O3. The Morgan fingerprint density at radius 2 is 2.28 bits per heavy atom. The van der Waals surface area contributed by atoms with Crippen LogP contribution in [-0.2, 0) is 11.8 Å². The minimum atomic E-state index is -0.268. The molecule has 32 heavy (non-hydrogen) atoms. The largest absolute Gasteiger partial charge is 0.484 e. The van der Waals surface area contributed by atoms with Gasteiger partial charge in [0, 0.05) is 44.0 Å². The Bertz CT molecular complexity index is 1030. The Balaban J connectivity index is 1.49. The highest BCUT2D eigenvalue weighted by atomic mass is 16.5. The summed E-state index contributed by atoms with van der Waals surface area (Å²) in [5.74, 6) is 0.463. The number of pyridine rings is 1. The molecule has 2 aromatic heterocycles. The van der Waals surface area contributed by atoms with Crippen LogP contribution in [0.25, 0.3) is 11.3 Å². The Morgan fingerprint density at radius 1 is 1.38 bits per heavy atom. The average Bonchev–Trinajstić information content (AvgIpc) is 3.26. The van der Waals surface area contributed by atoms with Crippen molar-refractivity contribution in [3.05, 3.63) is 60.0 Å². The molecule has 1 aliphatic rings. The van der Waals surface area contributed by atoms with E-state index < -0.39 is 0 Å². The number of aryl methyl sites for hydroxylation is 1. The van der Waals surface area contributed by atoms with Gasteiger partial charge in [0.2, 0.25) is 0 Å². The van der Waals surface area contributed by atoms with Crippen LogP contribution in [0.5, 0.6) is 5.75 Å². The van der Waals surface area contributed by atoms with Crippen molar-refractivity contribution in [2.24, 2.45) is 7.05 Å². The standard InChI is InChI=1S/C23H28N6O3/c1-16(20-5-3-4-9-25-20)32-22-7-6-17(13-19(22)21-15-29(2)28-27-21)23(30)26-10-8-18-14-24-11-12-31-18/h3-7,9,13,15-16,18,24H,8,10-12,14H2,1-2H3,(H,26,30)/t16-,18+/m0/s1. The van der Waals surface area contributed by atoms with Crippen LogP contribution in [0.4, 0.5) is 0 Å². The molecule has 0 bridgehead atoms. The molecule has 168 valence electrons. The maximum atomic E-state index is 12.8. The number of carbonyl (C=O) groups excluding carboxylic acids is 1. The quantitative estimate of drug-likeness (QED) is 0.558. The van der Waals surface area contributed by atoms with Crippen molar-refractivity contribution in [2.45, 2.75) is 25.6 Å². The Kier molecular flexibility index (Phi) is 7.08. The van der Waals surface area contributed by atoms with Gasteiger partial charge in [0.1, 0.15) is 17.5 Å². The molecular weight excluding hydrogens is 408 g/mol. The molecule has 0 spiro atoms. The summed E-state index contributed by atoms with van der Waals surface area (Å²) < 4.78 is 13.5. The molecule has 1 amide bonds. The fourth-order valence-electron chi connectivity index (χ4n) is 3.57. The fraction of sp³-hybridized carbons (Fsp3) is 0.391. The SMILES string of the molecule is C[C@H](Oc1ccc(C(=O)NCC[C@@H]2CNCCO2)cc1-c1cn(C)nn1)c1ccccn1. The first-order chi connectivity index (χ1) is 15.6. The van der Waals surface area contributed by atoms with Crippen LogP contribution in [0.1, 0.15) is 35.5 Å². The van der Waals surface area contributed by atoms with Crippen LogP contribution in [0.3, 0.4) is 0 Å². The summed E-state index contributed by atoms with van der Waals surface area (Å²) in [6.07, 6.45) is 4.15. The van der Waals surface area contributed by atoms with E-state index in [-0.39, 0.29) is 18.1 Å².